The molecule has 1 aliphatic carbocycles. The molecular formula is C13H22N4. The molecule has 2 N–H and O–H groups in total. The van der Waals surface area contributed by atoms with E-state index in [0.29, 0.717) is 6.04 Å². The van der Waals surface area contributed by atoms with E-state index >= 15 is 0 Å². The molecule has 3 rings (SSSR count). The first kappa shape index (κ1) is 11.1. The molecule has 4 heteroatoms. The summed E-state index contributed by atoms with van der Waals surface area (Å²) in [5.74, 6) is 1.01. The number of rotatable bonds is 3. The Balaban J connectivity index is 1.56. The number of aromatic nitrogens is 2. The van der Waals surface area contributed by atoms with Gasteiger partial charge < -0.3 is 10.6 Å². The van der Waals surface area contributed by atoms with Crippen LogP contribution in [0.5, 0.6) is 0 Å². The number of piperidine rings is 1. The Labute approximate surface area is 103 Å². The van der Waals surface area contributed by atoms with Crippen LogP contribution in [0.15, 0.2) is 6.20 Å². The third-order valence-electron chi connectivity index (χ3n) is 4.10. The topological polar surface area (TPSA) is 47.1 Å². The van der Waals surface area contributed by atoms with Gasteiger partial charge in [0.2, 0.25) is 0 Å². The fourth-order valence-electron chi connectivity index (χ4n) is 2.71. The quantitative estimate of drug-likeness (QED) is 0.868. The summed E-state index contributed by atoms with van der Waals surface area (Å²) >= 11 is 0. The lowest BCUT2D eigenvalue weighted by molar-refractivity contribution is 0.174. The third kappa shape index (κ3) is 2.46. The highest BCUT2D eigenvalue weighted by molar-refractivity contribution is 5.39. The monoisotopic (exact) mass is 234 g/mol. The largest absolute Gasteiger partial charge is 0.396 e. The van der Waals surface area contributed by atoms with E-state index in [1.54, 1.807) is 0 Å². The van der Waals surface area contributed by atoms with E-state index in [1.807, 2.05) is 13.1 Å². The molecule has 1 saturated heterocycles. The Bertz CT molecular complexity index is 367. The Hall–Kier alpha value is -1.03. The summed E-state index contributed by atoms with van der Waals surface area (Å²) < 4.78 is 2.08. The molecule has 1 aromatic rings. The van der Waals surface area contributed by atoms with Crippen LogP contribution in [-0.4, -0.2) is 34.3 Å². The summed E-state index contributed by atoms with van der Waals surface area (Å²) in [7, 11) is 0. The van der Waals surface area contributed by atoms with Crippen molar-refractivity contribution in [3.63, 3.8) is 0 Å². The summed E-state index contributed by atoms with van der Waals surface area (Å²) in [5, 5.41) is 4.51. The Kier molecular flexibility index (Phi) is 2.82. The smallest absolute Gasteiger partial charge is 0.0823 e. The average Bonchev–Trinajstić information content (AvgIpc) is 3.07. The Morgan fingerprint density at radius 3 is 2.53 bits per heavy atom. The first-order chi connectivity index (χ1) is 8.22. The van der Waals surface area contributed by atoms with Gasteiger partial charge in [-0.05, 0) is 38.5 Å². The summed E-state index contributed by atoms with van der Waals surface area (Å²) in [6.45, 7) is 5.75. The van der Waals surface area contributed by atoms with Crippen LogP contribution in [0.2, 0.25) is 0 Å². The molecule has 4 nitrogen and oxygen atoms in total. The summed E-state index contributed by atoms with van der Waals surface area (Å²) in [6.07, 6.45) is 7.33. The second-order valence-electron chi connectivity index (χ2n) is 5.63. The van der Waals surface area contributed by atoms with Gasteiger partial charge in [0.1, 0.15) is 0 Å². The van der Waals surface area contributed by atoms with Crippen molar-refractivity contribution in [3.05, 3.63) is 11.9 Å². The molecule has 2 fully saturated rings. The predicted octanol–water partition coefficient (Wildman–Crippen LogP) is 1.82. The van der Waals surface area contributed by atoms with Gasteiger partial charge in [-0.1, -0.05) is 0 Å². The minimum atomic E-state index is 0.557. The third-order valence-corrected chi connectivity index (χ3v) is 4.10. The number of likely N-dealkylation sites (tertiary alicyclic amines) is 1. The van der Waals surface area contributed by atoms with Crippen molar-refractivity contribution < 1.29 is 0 Å². The van der Waals surface area contributed by atoms with Crippen molar-refractivity contribution >= 4 is 5.69 Å². The fourth-order valence-corrected chi connectivity index (χ4v) is 2.71. The lowest BCUT2D eigenvalue weighted by Crippen LogP contribution is -2.36. The normalized spacial score (nSPS) is 23.1. The van der Waals surface area contributed by atoms with Gasteiger partial charge in [-0.3, -0.25) is 4.68 Å². The first-order valence-corrected chi connectivity index (χ1v) is 6.76. The summed E-state index contributed by atoms with van der Waals surface area (Å²) in [6, 6.07) is 0.557. The zero-order chi connectivity index (χ0) is 11.8. The molecule has 2 heterocycles. The van der Waals surface area contributed by atoms with Crippen LogP contribution in [0.25, 0.3) is 0 Å². The summed E-state index contributed by atoms with van der Waals surface area (Å²) in [5.41, 5.74) is 7.64. The van der Waals surface area contributed by atoms with Crippen LogP contribution < -0.4 is 5.73 Å². The van der Waals surface area contributed by atoms with E-state index in [9.17, 15) is 0 Å². The number of nitrogens with zero attached hydrogens (tertiary/aromatic N) is 3. The van der Waals surface area contributed by atoms with Crippen LogP contribution in [0, 0.1) is 12.8 Å². The minimum Gasteiger partial charge on any atom is -0.396 e. The average molecular weight is 234 g/mol. The van der Waals surface area contributed by atoms with Crippen molar-refractivity contribution in [2.75, 3.05) is 25.4 Å². The molecule has 0 atom stereocenters. The maximum atomic E-state index is 5.86. The highest BCUT2D eigenvalue weighted by Gasteiger charge is 2.27. The van der Waals surface area contributed by atoms with Crippen molar-refractivity contribution in [2.45, 2.75) is 38.6 Å². The van der Waals surface area contributed by atoms with Crippen LogP contribution in [0.1, 0.15) is 37.4 Å². The van der Waals surface area contributed by atoms with Crippen LogP contribution in [0.4, 0.5) is 5.69 Å². The van der Waals surface area contributed by atoms with Crippen LogP contribution >= 0.6 is 0 Å². The maximum absolute atomic E-state index is 5.86. The van der Waals surface area contributed by atoms with Crippen molar-refractivity contribution in [2.24, 2.45) is 5.92 Å². The van der Waals surface area contributed by atoms with Gasteiger partial charge in [0.25, 0.3) is 0 Å². The molecule has 0 spiro atoms. The number of nitrogens with two attached hydrogens (primary N) is 1. The predicted molar refractivity (Wildman–Crippen MR) is 68.8 cm³/mol. The summed E-state index contributed by atoms with van der Waals surface area (Å²) in [4.78, 5) is 2.62. The van der Waals surface area contributed by atoms with Gasteiger partial charge in [0, 0.05) is 25.8 Å². The van der Waals surface area contributed by atoms with E-state index < -0.39 is 0 Å². The van der Waals surface area contributed by atoms with Crippen molar-refractivity contribution in [1.29, 1.82) is 0 Å². The highest BCUT2D eigenvalue weighted by atomic mass is 15.3. The van der Waals surface area contributed by atoms with Gasteiger partial charge >= 0.3 is 0 Å². The van der Waals surface area contributed by atoms with E-state index in [0.717, 1.165) is 17.3 Å². The van der Waals surface area contributed by atoms with Crippen molar-refractivity contribution in [1.82, 2.24) is 14.7 Å². The van der Waals surface area contributed by atoms with E-state index in [2.05, 4.69) is 14.7 Å². The molecular weight excluding hydrogens is 212 g/mol. The van der Waals surface area contributed by atoms with E-state index in [4.69, 9.17) is 5.73 Å². The van der Waals surface area contributed by atoms with Gasteiger partial charge in [-0.25, -0.2) is 0 Å². The minimum absolute atomic E-state index is 0.557. The second-order valence-corrected chi connectivity index (χ2v) is 5.63. The molecule has 0 amide bonds. The number of nitrogen functional groups attached to an aromatic ring is 1. The molecule has 1 aliphatic heterocycles. The van der Waals surface area contributed by atoms with Gasteiger partial charge in [0.15, 0.2) is 0 Å². The molecule has 17 heavy (non-hydrogen) atoms. The molecule has 1 aromatic heterocycles. The number of aryl methyl sites for hydroxylation is 1. The van der Waals surface area contributed by atoms with Crippen LogP contribution in [0.3, 0.4) is 0 Å². The second kappa shape index (κ2) is 4.33. The van der Waals surface area contributed by atoms with Gasteiger partial charge in [0.05, 0.1) is 17.4 Å². The van der Waals surface area contributed by atoms with Crippen molar-refractivity contribution in [3.8, 4) is 0 Å². The van der Waals surface area contributed by atoms with Gasteiger partial charge in [-0.2, -0.15) is 5.10 Å². The van der Waals surface area contributed by atoms with E-state index in [-0.39, 0.29) is 0 Å². The fraction of sp³-hybridized carbons (Fsp3) is 0.769. The molecule has 0 radical (unpaired) electrons. The number of anilines is 1. The zero-order valence-electron chi connectivity index (χ0n) is 10.6. The molecule has 94 valence electrons. The zero-order valence-corrected chi connectivity index (χ0v) is 10.6. The molecule has 0 unspecified atom stereocenters. The van der Waals surface area contributed by atoms with Crippen LogP contribution in [-0.2, 0) is 0 Å². The first-order valence-electron chi connectivity index (χ1n) is 6.76. The lowest BCUT2D eigenvalue weighted by Gasteiger charge is -2.32. The molecule has 0 aromatic carbocycles. The number of hydrogen-bond acceptors (Lipinski definition) is 3. The lowest BCUT2D eigenvalue weighted by atomic mass is 10.1. The van der Waals surface area contributed by atoms with Gasteiger partial charge in [-0.15, -0.1) is 0 Å². The molecule has 0 bridgehead atoms. The Morgan fingerprint density at radius 2 is 2.00 bits per heavy atom. The van der Waals surface area contributed by atoms with E-state index in [1.165, 1.54) is 45.3 Å². The SMILES string of the molecule is Cc1nn(C2CCN(CC3CC3)CC2)cc1N. The standard InChI is InChI=1S/C13H22N4/c1-10-13(14)9-17(15-10)12-4-6-16(7-5-12)8-11-2-3-11/h9,11-12H,2-8,14H2,1H3. The highest BCUT2D eigenvalue weighted by Crippen LogP contribution is 2.32. The Morgan fingerprint density at radius 1 is 1.29 bits per heavy atom. The number of hydrogen-bond donors (Lipinski definition) is 1. The molecule has 2 aliphatic rings. The maximum Gasteiger partial charge on any atom is 0.0823 e. The molecule has 1 saturated carbocycles.